The lowest BCUT2D eigenvalue weighted by Crippen LogP contribution is -2.49. The van der Waals surface area contributed by atoms with Gasteiger partial charge in [0.25, 0.3) is 5.91 Å². The lowest BCUT2D eigenvalue weighted by molar-refractivity contribution is -0.117. The molecule has 2 atom stereocenters. The third-order valence-corrected chi connectivity index (χ3v) is 7.35. The van der Waals surface area contributed by atoms with Crippen molar-refractivity contribution in [2.75, 3.05) is 41.3 Å². The normalized spacial score (nSPS) is 19.6. The van der Waals surface area contributed by atoms with Gasteiger partial charge in [0.05, 0.1) is 6.04 Å². The van der Waals surface area contributed by atoms with E-state index in [1.54, 1.807) is 6.92 Å². The number of piperazine rings is 1. The number of amides is 2. The van der Waals surface area contributed by atoms with Crippen LogP contribution in [-0.2, 0) is 4.79 Å². The van der Waals surface area contributed by atoms with Gasteiger partial charge in [-0.15, -0.1) is 0 Å². The van der Waals surface area contributed by atoms with Gasteiger partial charge in [-0.3, -0.25) is 9.59 Å². The maximum Gasteiger partial charge on any atom is 0.253 e. The second kappa shape index (κ2) is 10.1. The molecule has 2 aliphatic heterocycles. The maximum atomic E-state index is 12.9. The summed E-state index contributed by atoms with van der Waals surface area (Å²) >= 11 is 0. The molecule has 0 aromatic heterocycles. The Morgan fingerprint density at radius 2 is 1.58 bits per heavy atom. The minimum absolute atomic E-state index is 0.0679. The van der Waals surface area contributed by atoms with Crippen molar-refractivity contribution in [3.05, 3.63) is 89.5 Å². The predicted octanol–water partition coefficient (Wildman–Crippen LogP) is 5.26. The van der Waals surface area contributed by atoms with Gasteiger partial charge in [-0.1, -0.05) is 35.9 Å². The van der Waals surface area contributed by atoms with E-state index in [0.29, 0.717) is 13.1 Å². The summed E-state index contributed by atoms with van der Waals surface area (Å²) in [6.45, 7) is 8.78. The molecule has 3 aromatic rings. The van der Waals surface area contributed by atoms with Crippen LogP contribution in [0.25, 0.3) is 0 Å². The van der Waals surface area contributed by atoms with E-state index in [1.165, 1.54) is 5.56 Å². The molecular weight excluding hydrogens is 448 g/mol. The molecule has 2 unspecified atom stereocenters. The Balaban J connectivity index is 1.37. The first-order chi connectivity index (χ1) is 17.4. The van der Waals surface area contributed by atoms with E-state index >= 15 is 0 Å². The van der Waals surface area contributed by atoms with Gasteiger partial charge in [0.1, 0.15) is 0 Å². The molecule has 36 heavy (non-hydrogen) atoms. The monoisotopic (exact) mass is 482 g/mol. The van der Waals surface area contributed by atoms with Gasteiger partial charge >= 0.3 is 0 Å². The molecular formula is C30H34N4O2. The Labute approximate surface area is 213 Å². The van der Waals surface area contributed by atoms with Crippen molar-refractivity contribution in [3.63, 3.8) is 0 Å². The minimum Gasteiger partial charge on any atom is -0.378 e. The number of rotatable bonds is 4. The largest absolute Gasteiger partial charge is 0.378 e. The van der Waals surface area contributed by atoms with Gasteiger partial charge in [-0.2, -0.15) is 0 Å². The molecule has 2 amide bonds. The standard InChI is InChI=1S/C30H34N4O2/c1-21-9-11-25(12-10-21)31-28-19-22(2)34(23(3)35)29-14-13-26(20-27(28)29)32-15-17-33(18-16-32)30(36)24-7-5-4-6-8-24/h4-14,20,22,28,31H,15-19H2,1-3H3. The number of hydrogen-bond donors (Lipinski definition) is 1. The number of nitrogens with one attached hydrogen (secondary N) is 1. The fourth-order valence-corrected chi connectivity index (χ4v) is 5.45. The van der Waals surface area contributed by atoms with Crippen LogP contribution in [-0.4, -0.2) is 48.9 Å². The zero-order chi connectivity index (χ0) is 25.2. The number of hydrogen-bond acceptors (Lipinski definition) is 4. The highest BCUT2D eigenvalue weighted by Crippen LogP contribution is 2.41. The van der Waals surface area contributed by atoms with Gasteiger partial charge < -0.3 is 20.0 Å². The number of aryl methyl sites for hydroxylation is 1. The third-order valence-electron chi connectivity index (χ3n) is 7.35. The molecule has 1 N–H and O–H groups in total. The Hall–Kier alpha value is -3.80. The highest BCUT2D eigenvalue weighted by atomic mass is 16.2. The fourth-order valence-electron chi connectivity index (χ4n) is 5.45. The van der Waals surface area contributed by atoms with Gasteiger partial charge in [-0.05, 0) is 62.7 Å². The molecule has 3 aromatic carbocycles. The smallest absolute Gasteiger partial charge is 0.253 e. The lowest BCUT2D eigenvalue weighted by Gasteiger charge is -2.41. The summed E-state index contributed by atoms with van der Waals surface area (Å²) < 4.78 is 0. The molecule has 1 saturated heterocycles. The van der Waals surface area contributed by atoms with Crippen LogP contribution >= 0.6 is 0 Å². The zero-order valence-electron chi connectivity index (χ0n) is 21.3. The van der Waals surface area contributed by atoms with E-state index < -0.39 is 0 Å². The molecule has 186 valence electrons. The van der Waals surface area contributed by atoms with Crippen LogP contribution in [0.15, 0.2) is 72.8 Å². The Morgan fingerprint density at radius 1 is 0.889 bits per heavy atom. The molecule has 2 heterocycles. The highest BCUT2D eigenvalue weighted by Gasteiger charge is 2.33. The predicted molar refractivity (Wildman–Crippen MR) is 146 cm³/mol. The van der Waals surface area contributed by atoms with E-state index in [1.807, 2.05) is 40.1 Å². The van der Waals surface area contributed by atoms with E-state index in [0.717, 1.165) is 47.7 Å². The summed E-state index contributed by atoms with van der Waals surface area (Å²) in [6, 6.07) is 24.6. The van der Waals surface area contributed by atoms with Crippen LogP contribution in [0, 0.1) is 6.92 Å². The minimum atomic E-state index is 0.0679. The Morgan fingerprint density at radius 3 is 2.25 bits per heavy atom. The van der Waals surface area contributed by atoms with Crippen LogP contribution in [0.5, 0.6) is 0 Å². The zero-order valence-corrected chi connectivity index (χ0v) is 21.3. The second-order valence-electron chi connectivity index (χ2n) is 9.93. The number of fused-ring (bicyclic) bond motifs is 1. The van der Waals surface area contributed by atoms with E-state index in [4.69, 9.17) is 0 Å². The molecule has 0 aliphatic carbocycles. The second-order valence-corrected chi connectivity index (χ2v) is 9.93. The van der Waals surface area contributed by atoms with Gasteiger partial charge in [0.15, 0.2) is 0 Å². The molecule has 2 aliphatic rings. The van der Waals surface area contributed by atoms with Crippen LogP contribution < -0.4 is 15.1 Å². The number of carbonyl (C=O) groups excluding carboxylic acids is 2. The molecule has 6 nitrogen and oxygen atoms in total. The maximum absolute atomic E-state index is 12.9. The summed E-state index contributed by atoms with van der Waals surface area (Å²) in [5, 5.41) is 3.72. The van der Waals surface area contributed by atoms with Crippen molar-refractivity contribution in [1.82, 2.24) is 4.90 Å². The van der Waals surface area contributed by atoms with Crippen molar-refractivity contribution in [3.8, 4) is 0 Å². The molecule has 1 fully saturated rings. The van der Waals surface area contributed by atoms with Crippen molar-refractivity contribution in [2.24, 2.45) is 0 Å². The number of benzene rings is 3. The van der Waals surface area contributed by atoms with Crippen LogP contribution in [0.3, 0.4) is 0 Å². The summed E-state index contributed by atoms with van der Waals surface area (Å²) in [5.74, 6) is 0.160. The lowest BCUT2D eigenvalue weighted by atomic mass is 9.90. The van der Waals surface area contributed by atoms with Gasteiger partial charge in [0.2, 0.25) is 5.91 Å². The van der Waals surface area contributed by atoms with Gasteiger partial charge in [0, 0.05) is 67.3 Å². The van der Waals surface area contributed by atoms with E-state index in [2.05, 4.69) is 66.5 Å². The molecule has 0 spiro atoms. The number of anilines is 3. The summed E-state index contributed by atoms with van der Waals surface area (Å²) in [4.78, 5) is 31.6. The Kier molecular flexibility index (Phi) is 6.68. The average molecular weight is 483 g/mol. The van der Waals surface area contributed by atoms with E-state index in [-0.39, 0.29) is 23.9 Å². The first kappa shape index (κ1) is 23.9. The highest BCUT2D eigenvalue weighted by molar-refractivity contribution is 5.95. The number of nitrogens with zero attached hydrogens (tertiary/aromatic N) is 3. The van der Waals surface area contributed by atoms with Crippen molar-refractivity contribution in [2.45, 2.75) is 39.3 Å². The summed E-state index contributed by atoms with van der Waals surface area (Å²) in [7, 11) is 0. The van der Waals surface area contributed by atoms with Crippen LogP contribution in [0.1, 0.15) is 47.8 Å². The summed E-state index contributed by atoms with van der Waals surface area (Å²) in [5.41, 5.74) is 6.31. The third kappa shape index (κ3) is 4.81. The Bertz CT molecular complexity index is 1230. The quantitative estimate of drug-likeness (QED) is 0.552. The first-order valence-electron chi connectivity index (χ1n) is 12.8. The summed E-state index contributed by atoms with van der Waals surface area (Å²) in [6.07, 6.45) is 0.837. The van der Waals surface area contributed by atoms with Gasteiger partial charge in [-0.25, -0.2) is 0 Å². The van der Waals surface area contributed by atoms with Crippen molar-refractivity contribution in [1.29, 1.82) is 0 Å². The fraction of sp³-hybridized carbons (Fsp3) is 0.333. The molecule has 0 saturated carbocycles. The SMILES string of the molecule is CC(=O)N1c2ccc(N3CCN(C(=O)c4ccccc4)CC3)cc2C(Nc2ccc(C)cc2)CC1C. The molecule has 5 rings (SSSR count). The molecule has 6 heteroatoms. The van der Waals surface area contributed by atoms with E-state index in [9.17, 15) is 9.59 Å². The first-order valence-corrected chi connectivity index (χ1v) is 12.8. The molecule has 0 radical (unpaired) electrons. The number of carbonyl (C=O) groups is 2. The van der Waals surface area contributed by atoms with Crippen molar-refractivity contribution >= 4 is 28.9 Å². The topological polar surface area (TPSA) is 55.9 Å². The van der Waals surface area contributed by atoms with Crippen LogP contribution in [0.2, 0.25) is 0 Å². The van der Waals surface area contributed by atoms with Crippen LogP contribution in [0.4, 0.5) is 17.1 Å². The average Bonchev–Trinajstić information content (AvgIpc) is 2.90. The van der Waals surface area contributed by atoms with Crippen molar-refractivity contribution < 1.29 is 9.59 Å². The molecule has 0 bridgehead atoms.